The van der Waals surface area contributed by atoms with Crippen LogP contribution in [0, 0.1) is 0 Å². The predicted molar refractivity (Wildman–Crippen MR) is 35.6 cm³/mol. The van der Waals surface area contributed by atoms with E-state index in [-0.39, 0.29) is 43.6 Å². The first kappa shape index (κ1) is 17.3. The zero-order chi connectivity index (χ0) is 2.00. The van der Waals surface area contributed by atoms with E-state index in [1.807, 2.05) is 0 Å². The minimum atomic E-state index is 0. The van der Waals surface area contributed by atoms with Crippen molar-refractivity contribution < 1.29 is 0 Å². The maximum atomic E-state index is 4.64. The van der Waals surface area contributed by atoms with Crippen LogP contribution in [0.15, 0.2) is 0 Å². The second kappa shape index (κ2) is 22.3. The summed E-state index contributed by atoms with van der Waals surface area (Å²) in [5, 5.41) is 0. The number of hydrogen-bond donors (Lipinski definition) is 0. The van der Waals surface area contributed by atoms with Crippen LogP contribution in [0.5, 0.6) is 0 Å². The van der Waals surface area contributed by atoms with E-state index in [4.69, 9.17) is 0 Å². The van der Waals surface area contributed by atoms with Gasteiger partial charge in [0.2, 0.25) is 0 Å². The van der Waals surface area contributed by atoms with Crippen LogP contribution in [0.3, 0.4) is 0 Å². The van der Waals surface area contributed by atoms with Crippen molar-refractivity contribution in [3.05, 3.63) is 0 Å². The van der Waals surface area contributed by atoms with E-state index in [1.54, 1.807) is 0 Å². The Kier molecular flexibility index (Phi) is 96.3. The third-order valence-corrected chi connectivity index (χ3v) is 0. The van der Waals surface area contributed by atoms with Gasteiger partial charge >= 0.3 is 26.2 Å². The topological polar surface area (TPSA) is 0 Å². The minimum absolute atomic E-state index is 0. The molecule has 4 heavy (non-hydrogen) atoms. The third-order valence-electron chi connectivity index (χ3n) is 0. The van der Waals surface area contributed by atoms with Crippen LogP contribution in [0.2, 0.25) is 0 Å². The van der Waals surface area contributed by atoms with Crippen molar-refractivity contribution in [2.45, 2.75) is 0 Å². The normalized spacial score (nSPS) is 2.00. The Labute approximate surface area is 60.8 Å². The van der Waals surface area contributed by atoms with Crippen molar-refractivity contribution in [3.63, 3.8) is 0 Å². The molecule has 0 aliphatic rings. The van der Waals surface area contributed by atoms with Gasteiger partial charge in [-0.15, -0.1) is 0 Å². The van der Waals surface area contributed by atoms with Crippen molar-refractivity contribution in [2.75, 3.05) is 0 Å². The molecule has 0 unspecified atom stereocenters. The SMILES string of the molecule is [AlH3].[B][SiH3].[BiH3]. The summed E-state index contributed by atoms with van der Waals surface area (Å²) < 4.78 is 0. The van der Waals surface area contributed by atoms with E-state index in [9.17, 15) is 0 Å². The van der Waals surface area contributed by atoms with E-state index in [0.29, 0.717) is 0 Å². The van der Waals surface area contributed by atoms with Crippen LogP contribution < -0.4 is 0 Å². The van der Waals surface area contributed by atoms with E-state index in [1.165, 1.54) is 0 Å². The molecule has 0 N–H and O–H groups in total. The molecule has 0 saturated heterocycles. The van der Waals surface area contributed by atoms with Crippen LogP contribution in [-0.2, 0) is 0 Å². The first-order chi connectivity index (χ1) is 1.00. The molecule has 0 nitrogen and oxygen atoms in total. The van der Waals surface area contributed by atoms with Gasteiger partial charge in [0, 0.05) is 7.44 Å². The van der Waals surface area contributed by atoms with Gasteiger partial charge in [-0.25, -0.2) is 0 Å². The van der Waals surface area contributed by atoms with E-state index in [0.717, 1.165) is 10.1 Å². The molecule has 0 aliphatic carbocycles. The average molecular weight is 284 g/mol. The summed E-state index contributed by atoms with van der Waals surface area (Å²) in [5.74, 6) is 0. The van der Waals surface area contributed by atoms with E-state index < -0.39 is 0 Å². The zero-order valence-corrected chi connectivity index (χ0v) is 9.78. The Hall–Kier alpha value is 1.70. The van der Waals surface area contributed by atoms with Crippen LogP contribution in [0.25, 0.3) is 0 Å². The molecule has 4 heteroatoms. The average Bonchev–Trinajstić information content (AvgIpc) is 1.00. The summed E-state index contributed by atoms with van der Waals surface area (Å²) in [6.45, 7) is 0. The predicted octanol–water partition coefficient (Wildman–Crippen LogP) is -3.93. The molecule has 0 aliphatic heterocycles. The second-order valence-corrected chi connectivity index (χ2v) is 0. The second-order valence-electron chi connectivity index (χ2n) is 0. The summed E-state index contributed by atoms with van der Waals surface area (Å²) in [4.78, 5) is 0. The molecule has 0 aromatic rings. The summed E-state index contributed by atoms with van der Waals surface area (Å²) in [7, 11) is 5.44. The van der Waals surface area contributed by atoms with Crippen LogP contribution in [-0.4, -0.2) is 61.1 Å². The van der Waals surface area contributed by atoms with Crippen LogP contribution in [0.1, 0.15) is 0 Å². The molecular weight excluding hydrogens is 275 g/mol. The first-order valence-corrected chi connectivity index (χ1v) is 1.73. The summed E-state index contributed by atoms with van der Waals surface area (Å²) in [5.41, 5.74) is 0. The fourth-order valence-electron chi connectivity index (χ4n) is 0. The van der Waals surface area contributed by atoms with Crippen LogP contribution >= 0.6 is 0 Å². The third kappa shape index (κ3) is 9.34. The Bertz CT molecular complexity index is 8.00. The summed E-state index contributed by atoms with van der Waals surface area (Å²) in [6.07, 6.45) is 0. The van der Waals surface area contributed by atoms with Crippen molar-refractivity contribution in [1.82, 2.24) is 0 Å². The number of rotatable bonds is 0. The molecule has 0 aromatic heterocycles. The summed E-state index contributed by atoms with van der Waals surface area (Å²) in [6, 6.07) is 0. The number of hydrogen-bond acceptors (Lipinski definition) is 0. The van der Waals surface area contributed by atoms with Gasteiger partial charge in [0.05, 0.1) is 0 Å². The first-order valence-electron chi connectivity index (χ1n) is 0.577. The molecule has 2 radical (unpaired) electrons. The fourth-order valence-corrected chi connectivity index (χ4v) is 0. The zero-order valence-electron chi connectivity index (χ0n) is 2.28. The molecule has 0 heterocycles. The Morgan fingerprint density at radius 3 is 1.25 bits per heavy atom. The molecular formula is H9AlBBiSi. The summed E-state index contributed by atoms with van der Waals surface area (Å²) >= 11 is 0. The fraction of sp³-hybridized carbons (Fsp3) is 0. The quantitative estimate of drug-likeness (QED) is 0.399. The monoisotopic (exact) mass is 284 g/mol. The molecule has 24 valence electrons. The van der Waals surface area contributed by atoms with Gasteiger partial charge < -0.3 is 0 Å². The van der Waals surface area contributed by atoms with Crippen LogP contribution in [0.4, 0.5) is 0 Å². The van der Waals surface area contributed by atoms with E-state index in [2.05, 4.69) is 7.44 Å². The van der Waals surface area contributed by atoms with Gasteiger partial charge in [0.1, 0.15) is 0 Å². The Morgan fingerprint density at radius 1 is 1.25 bits per heavy atom. The molecule has 0 rings (SSSR count). The standard InChI is InChI=1S/Al.BH3Si.Bi.6H/c;1-2;;;;;;;/h;2H3;;;;;;;. The Balaban J connectivity index is -0.00000000500. The van der Waals surface area contributed by atoms with Gasteiger partial charge in [0.25, 0.3) is 0 Å². The maximum absolute atomic E-state index is 4.64. The molecule has 0 aromatic carbocycles. The molecule has 0 amide bonds. The van der Waals surface area contributed by atoms with Gasteiger partial charge in [-0.05, 0) is 10.1 Å². The van der Waals surface area contributed by atoms with Gasteiger partial charge in [-0.1, -0.05) is 0 Å². The van der Waals surface area contributed by atoms with Gasteiger partial charge in [0.15, 0.2) is 17.4 Å². The molecule has 0 fully saturated rings. The van der Waals surface area contributed by atoms with Gasteiger partial charge in [-0.2, -0.15) is 0 Å². The molecule has 0 saturated carbocycles. The molecule has 0 atom stereocenters. The van der Waals surface area contributed by atoms with Crippen molar-refractivity contribution in [1.29, 1.82) is 0 Å². The van der Waals surface area contributed by atoms with Crippen molar-refractivity contribution in [3.8, 4) is 0 Å². The Morgan fingerprint density at radius 2 is 1.25 bits per heavy atom. The molecule has 0 bridgehead atoms. The van der Waals surface area contributed by atoms with Gasteiger partial charge in [-0.3, -0.25) is 0 Å². The van der Waals surface area contributed by atoms with Crippen molar-refractivity contribution in [2.24, 2.45) is 0 Å². The molecule has 0 spiro atoms. The van der Waals surface area contributed by atoms with Crippen molar-refractivity contribution >= 4 is 61.1 Å². The van der Waals surface area contributed by atoms with E-state index >= 15 is 0 Å².